The summed E-state index contributed by atoms with van der Waals surface area (Å²) < 4.78 is 1.51. The van der Waals surface area contributed by atoms with Crippen molar-refractivity contribution >= 4 is 4.16 Å². The maximum atomic E-state index is 2.17. The summed E-state index contributed by atoms with van der Waals surface area (Å²) in [5.74, 6) is 0. The fourth-order valence-corrected chi connectivity index (χ4v) is 1.34. The molecule has 32 valence electrons. The zero-order valence-corrected chi connectivity index (χ0v) is 8.58. The van der Waals surface area contributed by atoms with Gasteiger partial charge in [-0.25, -0.2) is 0 Å². The molecule has 0 fully saturated rings. The predicted molar refractivity (Wildman–Crippen MR) is 27.5 cm³/mol. The molecule has 0 heterocycles. The van der Waals surface area contributed by atoms with Crippen LogP contribution in [0.25, 0.3) is 0 Å². The summed E-state index contributed by atoms with van der Waals surface area (Å²) >= 11 is 0.855. The summed E-state index contributed by atoms with van der Waals surface area (Å²) in [4.78, 5) is 0. The van der Waals surface area contributed by atoms with Crippen LogP contribution < -0.4 is 4.16 Å². The molecule has 0 amide bonds. The van der Waals surface area contributed by atoms with Crippen LogP contribution in [0.15, 0.2) is 30.3 Å². The average molecular weight is 144 g/mol. The quantitative estimate of drug-likeness (QED) is 0.467. The van der Waals surface area contributed by atoms with Gasteiger partial charge >= 0.3 is 52.8 Å². The second kappa shape index (κ2) is 2.23. The van der Waals surface area contributed by atoms with Gasteiger partial charge < -0.3 is 0 Å². The van der Waals surface area contributed by atoms with Crippen LogP contribution in [-0.2, 0) is 18.3 Å². The van der Waals surface area contributed by atoms with Crippen LogP contribution >= 0.6 is 0 Å². The summed E-state index contributed by atoms with van der Waals surface area (Å²) in [5.41, 5.74) is 0. The first kappa shape index (κ1) is 4.99. The molecular weight excluding hydrogens is 137 g/mol. The first-order valence-electron chi connectivity index (χ1n) is 2.41. The van der Waals surface area contributed by atoms with E-state index in [4.69, 9.17) is 0 Å². The van der Waals surface area contributed by atoms with E-state index >= 15 is 0 Å². The van der Waals surface area contributed by atoms with Crippen LogP contribution in [0, 0.1) is 0 Å². The van der Waals surface area contributed by atoms with Crippen molar-refractivity contribution in [2.45, 2.75) is 0 Å². The molecule has 0 N–H and O–H groups in total. The zero-order valence-electron chi connectivity index (χ0n) is 4.39. The van der Waals surface area contributed by atoms with E-state index in [9.17, 15) is 0 Å². The molecule has 0 aliphatic heterocycles. The third-order valence-corrected chi connectivity index (χ3v) is 2.34. The molecule has 0 bridgehead atoms. The van der Waals surface area contributed by atoms with Gasteiger partial charge in [-0.3, -0.25) is 0 Å². The molecule has 1 rings (SSSR count). The Morgan fingerprint density at radius 1 is 1.00 bits per heavy atom. The van der Waals surface area contributed by atoms with E-state index in [1.54, 1.807) is 0 Å². The summed E-state index contributed by atoms with van der Waals surface area (Å²) in [6.45, 7) is 0. The molecule has 0 unspecified atom stereocenters. The summed E-state index contributed by atoms with van der Waals surface area (Å²) in [7, 11) is 0. The molecule has 0 saturated carbocycles. The van der Waals surface area contributed by atoms with Gasteiger partial charge in [-0.2, -0.15) is 0 Å². The van der Waals surface area contributed by atoms with Gasteiger partial charge in [0.15, 0.2) is 0 Å². The van der Waals surface area contributed by atoms with E-state index < -0.39 is 0 Å². The Labute approximate surface area is 53.2 Å². The molecule has 0 aromatic heterocycles. The van der Waals surface area contributed by atoms with Gasteiger partial charge in [0.25, 0.3) is 0 Å². The van der Waals surface area contributed by atoms with E-state index in [2.05, 4.69) is 30.3 Å². The van der Waals surface area contributed by atoms with Crippen LogP contribution in [0.5, 0.6) is 0 Å². The first-order valence-corrected chi connectivity index (χ1v) is 4.51. The Morgan fingerprint density at radius 2 is 1.57 bits per heavy atom. The second-order valence-corrected chi connectivity index (χ2v) is 4.08. The number of hydrogen-bond acceptors (Lipinski definition) is 0. The number of hydrogen-bond donors (Lipinski definition) is 0. The standard InChI is InChI=1S/C6H5.Zn.H/c1-2-4-6-5-3-1;;/h1-5H;;. The summed E-state index contributed by atoms with van der Waals surface area (Å²) in [6, 6.07) is 10.6. The van der Waals surface area contributed by atoms with Crippen molar-refractivity contribution in [3.63, 3.8) is 0 Å². The van der Waals surface area contributed by atoms with E-state index in [-0.39, 0.29) is 0 Å². The SMILES string of the molecule is [ZnH][c]1ccccc1. The monoisotopic (exact) mass is 142 g/mol. The van der Waals surface area contributed by atoms with Crippen LogP contribution in [0.1, 0.15) is 0 Å². The summed E-state index contributed by atoms with van der Waals surface area (Å²) in [5, 5.41) is 0. The van der Waals surface area contributed by atoms with Crippen molar-refractivity contribution in [3.8, 4) is 0 Å². The van der Waals surface area contributed by atoms with Crippen LogP contribution in [0.2, 0.25) is 0 Å². The van der Waals surface area contributed by atoms with Gasteiger partial charge in [0.1, 0.15) is 0 Å². The molecule has 0 saturated heterocycles. The van der Waals surface area contributed by atoms with Gasteiger partial charge in [0, 0.05) is 0 Å². The van der Waals surface area contributed by atoms with Gasteiger partial charge in [-0.15, -0.1) is 0 Å². The number of rotatable bonds is 0. The Morgan fingerprint density at radius 3 is 1.86 bits per heavy atom. The Kier molecular flexibility index (Phi) is 1.59. The second-order valence-electron chi connectivity index (χ2n) is 1.65. The fraction of sp³-hybridized carbons (Fsp3) is 0. The van der Waals surface area contributed by atoms with E-state index in [0.29, 0.717) is 0 Å². The van der Waals surface area contributed by atoms with Gasteiger partial charge in [-0.05, 0) is 0 Å². The molecule has 0 spiro atoms. The van der Waals surface area contributed by atoms with Crippen molar-refractivity contribution in [1.82, 2.24) is 0 Å². The third kappa shape index (κ3) is 1.40. The molecular formula is C6H6Zn. The van der Waals surface area contributed by atoms with Crippen molar-refractivity contribution in [2.75, 3.05) is 0 Å². The minimum absolute atomic E-state index is 0.855. The van der Waals surface area contributed by atoms with E-state index in [1.807, 2.05) is 0 Å². The molecule has 1 heteroatoms. The normalized spacial score (nSPS) is 8.43. The zero-order chi connectivity index (χ0) is 5.11. The third-order valence-electron chi connectivity index (χ3n) is 0.940. The van der Waals surface area contributed by atoms with Crippen molar-refractivity contribution in [1.29, 1.82) is 0 Å². The molecule has 0 radical (unpaired) electrons. The van der Waals surface area contributed by atoms with E-state index in [1.165, 1.54) is 4.16 Å². The van der Waals surface area contributed by atoms with Crippen molar-refractivity contribution in [2.24, 2.45) is 0 Å². The first-order chi connectivity index (χ1) is 3.39. The maximum absolute atomic E-state index is 2.17. The molecule has 0 atom stereocenters. The van der Waals surface area contributed by atoms with Crippen molar-refractivity contribution in [3.05, 3.63) is 30.3 Å². The van der Waals surface area contributed by atoms with Crippen LogP contribution in [-0.4, -0.2) is 0 Å². The molecule has 1 aromatic rings. The Bertz CT molecular complexity index is 134. The van der Waals surface area contributed by atoms with Crippen LogP contribution in [0.4, 0.5) is 0 Å². The summed E-state index contributed by atoms with van der Waals surface area (Å²) in [6.07, 6.45) is 0. The van der Waals surface area contributed by atoms with Gasteiger partial charge in [0.2, 0.25) is 0 Å². The average Bonchev–Trinajstić information content (AvgIpc) is 1.69. The molecule has 0 nitrogen and oxygen atoms in total. The van der Waals surface area contributed by atoms with Gasteiger partial charge in [-0.1, -0.05) is 0 Å². The molecule has 0 aliphatic carbocycles. The minimum atomic E-state index is 0.855. The van der Waals surface area contributed by atoms with Crippen LogP contribution in [0.3, 0.4) is 0 Å². The Hall–Kier alpha value is -0.157. The molecule has 0 aliphatic rings. The van der Waals surface area contributed by atoms with Crippen molar-refractivity contribution < 1.29 is 18.3 Å². The fourth-order valence-electron chi connectivity index (χ4n) is 0.534. The molecule has 7 heavy (non-hydrogen) atoms. The van der Waals surface area contributed by atoms with E-state index in [0.717, 1.165) is 18.3 Å². The van der Waals surface area contributed by atoms with Gasteiger partial charge in [0.05, 0.1) is 0 Å². The topological polar surface area (TPSA) is 0 Å². The number of benzene rings is 1. The Balaban J connectivity index is 3.02. The molecule has 1 aromatic carbocycles. The predicted octanol–water partition coefficient (Wildman–Crippen LogP) is 0.591.